The Morgan fingerprint density at radius 1 is 1.29 bits per heavy atom. The van der Waals surface area contributed by atoms with E-state index in [0.29, 0.717) is 47.1 Å². The van der Waals surface area contributed by atoms with Crippen LogP contribution < -0.4 is 15.8 Å². The van der Waals surface area contributed by atoms with E-state index in [-0.39, 0.29) is 34.6 Å². The Labute approximate surface area is 198 Å². The van der Waals surface area contributed by atoms with Crippen molar-refractivity contribution in [3.05, 3.63) is 47.7 Å². The Bertz CT molecular complexity index is 1490. The number of hydrogen-bond acceptors (Lipinski definition) is 7. The molecule has 1 aliphatic heterocycles. The molecule has 1 fully saturated rings. The highest BCUT2D eigenvalue weighted by Crippen LogP contribution is 2.38. The molecule has 11 heteroatoms. The molecule has 0 atom stereocenters. The zero-order valence-electron chi connectivity index (χ0n) is 19.0. The van der Waals surface area contributed by atoms with Crippen LogP contribution in [0.15, 0.2) is 30.5 Å². The van der Waals surface area contributed by atoms with Crippen molar-refractivity contribution in [3.63, 3.8) is 0 Å². The van der Waals surface area contributed by atoms with Gasteiger partial charge in [0.2, 0.25) is 0 Å². The fraction of sp³-hybridized carbons (Fsp3) is 0.250. The number of phenols is 1. The second-order valence-electron chi connectivity index (χ2n) is 8.30. The van der Waals surface area contributed by atoms with E-state index in [2.05, 4.69) is 20.3 Å². The topological polar surface area (TPSA) is 126 Å². The number of likely N-dealkylation sites (tertiary alicyclic amines) is 1. The smallest absolute Gasteiger partial charge is 0.318 e. The molecule has 180 valence electrons. The van der Waals surface area contributed by atoms with Crippen molar-refractivity contribution in [2.24, 2.45) is 5.73 Å². The van der Waals surface area contributed by atoms with E-state index in [0.717, 1.165) is 0 Å². The minimum atomic E-state index is -0.767. The third-order valence-corrected chi connectivity index (χ3v) is 6.14. The minimum absolute atomic E-state index is 0.0543. The summed E-state index contributed by atoms with van der Waals surface area (Å²) in [6, 6.07) is 4.99. The van der Waals surface area contributed by atoms with E-state index in [1.165, 1.54) is 42.5 Å². The van der Waals surface area contributed by atoms with Crippen molar-refractivity contribution in [2.75, 3.05) is 25.5 Å². The van der Waals surface area contributed by atoms with Gasteiger partial charge in [0.05, 0.1) is 18.5 Å². The molecule has 0 unspecified atom stereocenters. The number of fused-ring (bicyclic) bond motifs is 2. The zero-order valence-corrected chi connectivity index (χ0v) is 19.0. The number of pyridine rings is 1. The second-order valence-corrected chi connectivity index (χ2v) is 8.30. The molecule has 3 heterocycles. The van der Waals surface area contributed by atoms with Crippen molar-refractivity contribution in [2.45, 2.75) is 19.4 Å². The number of ether oxygens (including phenoxy) is 1. The summed E-state index contributed by atoms with van der Waals surface area (Å²) < 4.78 is 35.7. The van der Waals surface area contributed by atoms with Gasteiger partial charge in [-0.1, -0.05) is 13.0 Å². The summed E-state index contributed by atoms with van der Waals surface area (Å²) in [7, 11) is 1.36. The molecule has 2 amide bonds. The summed E-state index contributed by atoms with van der Waals surface area (Å²) in [6.07, 6.45) is 1.78. The maximum atomic E-state index is 16.0. The predicted octanol–water partition coefficient (Wildman–Crippen LogP) is 3.57. The van der Waals surface area contributed by atoms with Crippen molar-refractivity contribution >= 4 is 33.5 Å². The van der Waals surface area contributed by atoms with Crippen LogP contribution in [0, 0.1) is 11.6 Å². The van der Waals surface area contributed by atoms with Gasteiger partial charge in [0.15, 0.2) is 5.82 Å². The lowest BCUT2D eigenvalue weighted by Gasteiger charge is -2.38. The van der Waals surface area contributed by atoms with Crippen LogP contribution in [0.4, 0.5) is 19.4 Å². The first-order valence-electron chi connectivity index (χ1n) is 11.0. The molecule has 1 saturated heterocycles. The number of nitrogens with one attached hydrogen (secondary N) is 1. The summed E-state index contributed by atoms with van der Waals surface area (Å²) in [6.45, 7) is 2.55. The van der Waals surface area contributed by atoms with Crippen LogP contribution in [0.3, 0.4) is 0 Å². The summed E-state index contributed by atoms with van der Waals surface area (Å²) in [5, 5.41) is 14.8. The van der Waals surface area contributed by atoms with Crippen molar-refractivity contribution in [3.8, 4) is 23.0 Å². The van der Waals surface area contributed by atoms with Gasteiger partial charge in [-0.05, 0) is 41.0 Å². The number of urea groups is 1. The van der Waals surface area contributed by atoms with Gasteiger partial charge in [-0.25, -0.2) is 13.6 Å². The standard InChI is InChI=1S/C24H22F2N6O3/c1-3-14-17(25)5-4-11-6-13(33)7-15(18(11)14)20-19(26)21-16(8-28-20)22(31-24(30-21)35-2)29-12-9-32(10-12)23(27)34/h4-8,12,33H,3,9-10H2,1-2H3,(H2,27,34)(H,29,30,31). The number of benzene rings is 2. The lowest BCUT2D eigenvalue weighted by molar-refractivity contribution is 0.167. The zero-order chi connectivity index (χ0) is 24.9. The highest BCUT2D eigenvalue weighted by molar-refractivity contribution is 6.01. The number of methoxy groups -OCH3 is 1. The van der Waals surface area contributed by atoms with Crippen molar-refractivity contribution < 1.29 is 23.4 Å². The monoisotopic (exact) mass is 480 g/mol. The number of phenolic OH excluding ortho intramolecular Hbond substituents is 1. The quantitative estimate of drug-likeness (QED) is 0.399. The number of carbonyl (C=O) groups is 1. The van der Waals surface area contributed by atoms with Crippen LogP contribution in [0.2, 0.25) is 0 Å². The van der Waals surface area contributed by atoms with Gasteiger partial charge in [0.1, 0.15) is 28.6 Å². The van der Waals surface area contributed by atoms with Crippen LogP contribution in [0.5, 0.6) is 11.8 Å². The number of anilines is 1. The van der Waals surface area contributed by atoms with Gasteiger partial charge in [0.25, 0.3) is 0 Å². The number of aromatic hydroxyl groups is 1. The summed E-state index contributed by atoms with van der Waals surface area (Å²) in [4.78, 5) is 25.5. The minimum Gasteiger partial charge on any atom is -0.508 e. The van der Waals surface area contributed by atoms with Crippen molar-refractivity contribution in [1.29, 1.82) is 0 Å². The molecule has 2 aromatic heterocycles. The molecular formula is C24H22F2N6O3. The first kappa shape index (κ1) is 22.5. The number of nitrogens with two attached hydrogens (primary N) is 1. The average Bonchev–Trinajstić information content (AvgIpc) is 2.80. The molecule has 4 N–H and O–H groups in total. The summed E-state index contributed by atoms with van der Waals surface area (Å²) >= 11 is 0. The first-order valence-corrected chi connectivity index (χ1v) is 11.0. The Hall–Kier alpha value is -4.28. The Morgan fingerprint density at radius 2 is 2.06 bits per heavy atom. The number of carbonyl (C=O) groups excluding carboxylic acids is 1. The maximum absolute atomic E-state index is 16.0. The number of nitrogens with zero attached hydrogens (tertiary/aromatic N) is 4. The Morgan fingerprint density at radius 3 is 2.74 bits per heavy atom. The highest BCUT2D eigenvalue weighted by atomic mass is 19.1. The van der Waals surface area contributed by atoms with Gasteiger partial charge in [-0.2, -0.15) is 9.97 Å². The third-order valence-electron chi connectivity index (χ3n) is 6.14. The Kier molecular flexibility index (Phi) is 5.46. The summed E-state index contributed by atoms with van der Waals surface area (Å²) in [5.74, 6) is -1.000. The van der Waals surface area contributed by atoms with Crippen LogP contribution in [-0.2, 0) is 6.42 Å². The molecule has 0 saturated carbocycles. The molecule has 0 radical (unpaired) electrons. The van der Waals surface area contributed by atoms with E-state index < -0.39 is 17.7 Å². The fourth-order valence-electron chi connectivity index (χ4n) is 4.40. The number of aryl methyl sites for hydroxylation is 1. The number of amides is 2. The molecule has 0 spiro atoms. The number of halogens is 2. The van der Waals surface area contributed by atoms with Gasteiger partial charge < -0.3 is 25.8 Å². The molecular weight excluding hydrogens is 458 g/mol. The SMILES string of the molecule is CCc1c(F)ccc2cc(O)cc(-c3ncc4c(NC5CN(C(N)=O)C5)nc(OC)nc4c3F)c12. The second kappa shape index (κ2) is 8.49. The van der Waals surface area contributed by atoms with Crippen LogP contribution in [0.25, 0.3) is 32.9 Å². The average molecular weight is 480 g/mol. The first-order chi connectivity index (χ1) is 16.8. The number of rotatable bonds is 5. The lowest BCUT2D eigenvalue weighted by atomic mass is 9.94. The molecule has 0 aliphatic carbocycles. The highest BCUT2D eigenvalue weighted by Gasteiger charge is 2.30. The number of hydrogen-bond donors (Lipinski definition) is 3. The molecule has 1 aliphatic rings. The molecule has 2 aromatic carbocycles. The van der Waals surface area contributed by atoms with E-state index in [9.17, 15) is 14.3 Å². The van der Waals surface area contributed by atoms with Crippen molar-refractivity contribution in [1.82, 2.24) is 19.9 Å². The largest absolute Gasteiger partial charge is 0.508 e. The van der Waals surface area contributed by atoms with E-state index in [1.54, 1.807) is 6.92 Å². The Balaban J connectivity index is 1.67. The lowest BCUT2D eigenvalue weighted by Crippen LogP contribution is -2.58. The molecule has 0 bridgehead atoms. The van der Waals surface area contributed by atoms with Crippen LogP contribution >= 0.6 is 0 Å². The predicted molar refractivity (Wildman–Crippen MR) is 126 cm³/mol. The molecule has 9 nitrogen and oxygen atoms in total. The van der Waals surface area contributed by atoms with Gasteiger partial charge >= 0.3 is 12.0 Å². The number of primary amides is 1. The van der Waals surface area contributed by atoms with Crippen LogP contribution in [-0.4, -0.2) is 57.2 Å². The van der Waals surface area contributed by atoms with Gasteiger partial charge in [-0.3, -0.25) is 4.98 Å². The number of aromatic nitrogens is 3. The van der Waals surface area contributed by atoms with Gasteiger partial charge in [-0.15, -0.1) is 0 Å². The van der Waals surface area contributed by atoms with E-state index in [4.69, 9.17) is 10.5 Å². The van der Waals surface area contributed by atoms with Gasteiger partial charge in [0, 0.05) is 24.8 Å². The van der Waals surface area contributed by atoms with E-state index >= 15 is 4.39 Å². The molecule has 5 rings (SSSR count). The normalized spacial score (nSPS) is 13.8. The molecule has 35 heavy (non-hydrogen) atoms. The summed E-state index contributed by atoms with van der Waals surface area (Å²) in [5.41, 5.74) is 5.77. The third kappa shape index (κ3) is 3.78. The van der Waals surface area contributed by atoms with Crippen LogP contribution in [0.1, 0.15) is 12.5 Å². The van der Waals surface area contributed by atoms with E-state index in [1.807, 2.05) is 0 Å². The maximum Gasteiger partial charge on any atom is 0.318 e. The fourth-order valence-corrected chi connectivity index (χ4v) is 4.40. The molecule has 4 aromatic rings.